The van der Waals surface area contributed by atoms with Crippen molar-refractivity contribution in [1.29, 1.82) is 0 Å². The summed E-state index contributed by atoms with van der Waals surface area (Å²) in [5.41, 5.74) is 7.43. The third-order valence-electron chi connectivity index (χ3n) is 4.34. The predicted molar refractivity (Wildman–Crippen MR) is 119 cm³/mol. The molecule has 2 aromatic carbocycles. The summed E-state index contributed by atoms with van der Waals surface area (Å²) in [4.78, 5) is 12.5. The lowest BCUT2D eigenvalue weighted by Gasteiger charge is -2.11. The van der Waals surface area contributed by atoms with E-state index in [9.17, 15) is 18.0 Å². The number of hydrogen-bond acceptors (Lipinski definition) is 5. The maximum atomic E-state index is 12.5. The fourth-order valence-electron chi connectivity index (χ4n) is 2.79. The van der Waals surface area contributed by atoms with E-state index in [1.165, 1.54) is 18.2 Å². The predicted octanol–water partition coefficient (Wildman–Crippen LogP) is 5.07. The first kappa shape index (κ1) is 25.8. The second-order valence-corrected chi connectivity index (χ2v) is 7.34. The van der Waals surface area contributed by atoms with E-state index < -0.39 is 6.36 Å². The van der Waals surface area contributed by atoms with Crippen LogP contribution in [0, 0.1) is 5.92 Å². The van der Waals surface area contributed by atoms with Gasteiger partial charge < -0.3 is 25.3 Å². The molecule has 33 heavy (non-hydrogen) atoms. The number of methoxy groups -OCH3 is 1. The third-order valence-corrected chi connectivity index (χ3v) is 4.34. The van der Waals surface area contributed by atoms with E-state index in [-0.39, 0.29) is 29.9 Å². The van der Waals surface area contributed by atoms with Gasteiger partial charge in [-0.05, 0) is 42.7 Å². The van der Waals surface area contributed by atoms with Gasteiger partial charge in [0.15, 0.2) is 0 Å². The molecule has 3 N–H and O–H groups in total. The molecule has 0 heterocycles. The Bertz CT molecular complexity index is 982. The molecule has 6 nitrogen and oxygen atoms in total. The van der Waals surface area contributed by atoms with Crippen LogP contribution >= 0.6 is 0 Å². The molecule has 1 unspecified atom stereocenters. The number of ether oxygens (including phenoxy) is 3. The van der Waals surface area contributed by atoms with Gasteiger partial charge in [-0.25, -0.2) is 0 Å². The number of allylic oxidation sites excluding steroid dienone is 1. The molecule has 9 heteroatoms. The van der Waals surface area contributed by atoms with Gasteiger partial charge in [0.05, 0.1) is 12.2 Å². The van der Waals surface area contributed by atoms with E-state index in [4.69, 9.17) is 15.2 Å². The van der Waals surface area contributed by atoms with Crippen LogP contribution in [0.1, 0.15) is 19.4 Å². The highest BCUT2D eigenvalue weighted by atomic mass is 19.4. The molecule has 0 aromatic heterocycles. The van der Waals surface area contributed by atoms with Gasteiger partial charge in [-0.2, -0.15) is 0 Å². The maximum absolute atomic E-state index is 12.5. The summed E-state index contributed by atoms with van der Waals surface area (Å²) in [6.45, 7) is 4.40. The highest BCUT2D eigenvalue weighted by molar-refractivity contribution is 5.96. The van der Waals surface area contributed by atoms with Crippen molar-refractivity contribution in [2.45, 2.75) is 26.8 Å². The molecule has 2 aromatic rings. The molecule has 0 spiro atoms. The van der Waals surface area contributed by atoms with E-state index >= 15 is 0 Å². The van der Waals surface area contributed by atoms with Crippen LogP contribution in [0.15, 0.2) is 72.0 Å². The number of rotatable bonds is 10. The number of carbonyl (C=O) groups is 1. The van der Waals surface area contributed by atoms with E-state index in [1.54, 1.807) is 44.4 Å². The summed E-state index contributed by atoms with van der Waals surface area (Å²) >= 11 is 0. The summed E-state index contributed by atoms with van der Waals surface area (Å²) in [7, 11) is 1.61. The third kappa shape index (κ3) is 9.28. The minimum absolute atomic E-state index is 0.130. The van der Waals surface area contributed by atoms with Gasteiger partial charge in [0.25, 0.3) is 5.91 Å². The van der Waals surface area contributed by atoms with Crippen molar-refractivity contribution in [1.82, 2.24) is 5.32 Å². The Hall–Kier alpha value is -3.46. The van der Waals surface area contributed by atoms with Crippen LogP contribution in [0.5, 0.6) is 17.2 Å². The smallest absolute Gasteiger partial charge is 0.457 e. The van der Waals surface area contributed by atoms with Crippen LogP contribution in [-0.4, -0.2) is 26.0 Å². The number of amides is 1. The highest BCUT2D eigenvalue weighted by Crippen LogP contribution is 2.29. The fourth-order valence-corrected chi connectivity index (χ4v) is 2.79. The summed E-state index contributed by atoms with van der Waals surface area (Å²) in [6, 6.07) is 12.0. The molecule has 0 aliphatic carbocycles. The Morgan fingerprint density at radius 3 is 2.39 bits per heavy atom. The Morgan fingerprint density at radius 2 is 1.79 bits per heavy atom. The van der Waals surface area contributed by atoms with Crippen LogP contribution in [0.3, 0.4) is 0 Å². The van der Waals surface area contributed by atoms with Gasteiger partial charge in [-0.1, -0.05) is 37.3 Å². The molecule has 0 aliphatic heterocycles. The number of nitrogens with one attached hydrogen (secondary N) is 1. The number of alkyl halides is 3. The molecule has 0 saturated carbocycles. The minimum Gasteiger partial charge on any atom is -0.457 e. The molecular formula is C24H27F3N2O4. The first-order chi connectivity index (χ1) is 15.6. The standard InChI is InChI=1S/C24H27F3N2O4/c1-16(15-31-3)7-12-22(17(2)28)23(30)29-14-18-8-10-19(11-9-18)32-20-5-4-6-21(13-20)33-24(25,26)27/h4-13,16H,14-15,28H2,1-3H3,(H,29,30)/b12-7-,22-17-. The summed E-state index contributed by atoms with van der Waals surface area (Å²) in [6.07, 6.45) is -1.24. The Morgan fingerprint density at radius 1 is 1.12 bits per heavy atom. The molecular weight excluding hydrogens is 437 g/mol. The molecule has 2 rings (SSSR count). The highest BCUT2D eigenvalue weighted by Gasteiger charge is 2.31. The minimum atomic E-state index is -4.78. The molecule has 0 aliphatic rings. The largest absolute Gasteiger partial charge is 0.573 e. The second-order valence-electron chi connectivity index (χ2n) is 7.34. The van der Waals surface area contributed by atoms with E-state index in [0.29, 0.717) is 23.6 Å². The number of halogens is 3. The van der Waals surface area contributed by atoms with Gasteiger partial charge in [0, 0.05) is 25.4 Å². The lowest BCUT2D eigenvalue weighted by Crippen LogP contribution is -2.25. The van der Waals surface area contributed by atoms with Gasteiger partial charge >= 0.3 is 6.36 Å². The van der Waals surface area contributed by atoms with Crippen molar-refractivity contribution in [3.63, 3.8) is 0 Å². The van der Waals surface area contributed by atoms with Crippen LogP contribution in [0.25, 0.3) is 0 Å². The van der Waals surface area contributed by atoms with Crippen molar-refractivity contribution < 1.29 is 32.2 Å². The Labute approximate surface area is 190 Å². The van der Waals surface area contributed by atoms with Gasteiger partial charge in [-0.3, -0.25) is 4.79 Å². The van der Waals surface area contributed by atoms with E-state index in [1.807, 2.05) is 13.0 Å². The molecule has 178 valence electrons. The van der Waals surface area contributed by atoms with E-state index in [2.05, 4.69) is 10.1 Å². The van der Waals surface area contributed by atoms with Crippen molar-refractivity contribution in [2.24, 2.45) is 11.7 Å². The van der Waals surface area contributed by atoms with Gasteiger partial charge in [-0.15, -0.1) is 13.2 Å². The molecule has 1 amide bonds. The molecule has 0 fully saturated rings. The fraction of sp³-hybridized carbons (Fsp3) is 0.292. The van der Waals surface area contributed by atoms with Gasteiger partial charge in [0.1, 0.15) is 17.2 Å². The van der Waals surface area contributed by atoms with Crippen molar-refractivity contribution in [2.75, 3.05) is 13.7 Å². The number of benzene rings is 2. The van der Waals surface area contributed by atoms with Crippen LogP contribution in [-0.2, 0) is 16.1 Å². The number of nitrogens with two attached hydrogens (primary N) is 1. The summed E-state index contributed by atoms with van der Waals surface area (Å²) in [5, 5.41) is 2.81. The quantitative estimate of drug-likeness (QED) is 0.379. The monoisotopic (exact) mass is 464 g/mol. The zero-order chi connectivity index (χ0) is 24.4. The van der Waals surface area contributed by atoms with Gasteiger partial charge in [0.2, 0.25) is 0 Å². The van der Waals surface area contributed by atoms with Crippen molar-refractivity contribution >= 4 is 5.91 Å². The number of carbonyl (C=O) groups excluding carboxylic acids is 1. The van der Waals surface area contributed by atoms with Crippen LogP contribution in [0.4, 0.5) is 13.2 Å². The molecule has 1 atom stereocenters. The van der Waals surface area contributed by atoms with E-state index in [0.717, 1.165) is 11.6 Å². The second kappa shape index (κ2) is 12.0. The lowest BCUT2D eigenvalue weighted by atomic mass is 10.1. The normalized spacial score (nSPS) is 13.4. The molecule has 0 radical (unpaired) electrons. The molecule has 0 saturated heterocycles. The Balaban J connectivity index is 1.96. The topological polar surface area (TPSA) is 82.8 Å². The zero-order valence-corrected chi connectivity index (χ0v) is 18.6. The van der Waals surface area contributed by atoms with Crippen LogP contribution < -0.4 is 20.5 Å². The van der Waals surface area contributed by atoms with Crippen molar-refractivity contribution in [3.05, 3.63) is 77.5 Å². The van der Waals surface area contributed by atoms with Crippen molar-refractivity contribution in [3.8, 4) is 17.2 Å². The SMILES string of the molecule is COCC(C)/C=C\C(C(=O)NCc1ccc(Oc2cccc(OC(F)(F)F)c2)cc1)=C(/C)N. The number of hydrogen-bond donors (Lipinski definition) is 2. The first-order valence-corrected chi connectivity index (χ1v) is 10.1. The average Bonchev–Trinajstić information content (AvgIpc) is 2.72. The summed E-state index contributed by atoms with van der Waals surface area (Å²) in [5.74, 6) is 0.0651. The Kier molecular flexibility index (Phi) is 9.35. The average molecular weight is 464 g/mol. The zero-order valence-electron chi connectivity index (χ0n) is 18.6. The summed E-state index contributed by atoms with van der Waals surface area (Å²) < 4.78 is 51.6. The first-order valence-electron chi connectivity index (χ1n) is 10.1. The maximum Gasteiger partial charge on any atom is 0.573 e. The van der Waals surface area contributed by atoms with Crippen LogP contribution in [0.2, 0.25) is 0 Å². The lowest BCUT2D eigenvalue weighted by molar-refractivity contribution is -0.274. The molecule has 0 bridgehead atoms.